The van der Waals surface area contributed by atoms with E-state index in [0.29, 0.717) is 22.4 Å². The molecular formula is C27H27FN6OS2. The standard InChI is InChI=1S/C27H27FN6OS2/c1-18-7-11-30-21(15-18)34-26-32-16-22(37-26)36-20-8-12-31-24(23(20)28)25(35)33-17-27(9-13-29-14-10-27)19-5-3-2-4-6-19/h2-8,11-12,15-16,29H,9-10,13-14,17H2,1H3,(H,33,35)(H,30,32,34). The summed E-state index contributed by atoms with van der Waals surface area (Å²) in [6.07, 6.45) is 6.65. The molecule has 190 valence electrons. The summed E-state index contributed by atoms with van der Waals surface area (Å²) < 4.78 is 16.2. The monoisotopic (exact) mass is 534 g/mol. The molecular weight excluding hydrogens is 507 g/mol. The molecule has 1 aliphatic rings. The van der Waals surface area contributed by atoms with Gasteiger partial charge in [0.15, 0.2) is 16.6 Å². The summed E-state index contributed by atoms with van der Waals surface area (Å²) in [6.45, 7) is 4.15. The minimum atomic E-state index is -0.632. The van der Waals surface area contributed by atoms with Gasteiger partial charge < -0.3 is 16.0 Å². The molecule has 3 aromatic heterocycles. The highest BCUT2D eigenvalue weighted by molar-refractivity contribution is 8.01. The van der Waals surface area contributed by atoms with Crippen molar-refractivity contribution < 1.29 is 9.18 Å². The van der Waals surface area contributed by atoms with Gasteiger partial charge in [-0.3, -0.25) is 4.79 Å². The second-order valence-corrected chi connectivity index (χ2v) is 11.4. The third-order valence-electron chi connectivity index (χ3n) is 6.45. The third kappa shape index (κ3) is 5.98. The Hall–Kier alpha value is -3.34. The molecule has 1 aromatic carbocycles. The highest BCUT2D eigenvalue weighted by atomic mass is 32.2. The lowest BCUT2D eigenvalue weighted by atomic mass is 9.73. The molecule has 0 atom stereocenters. The molecule has 0 spiro atoms. The Morgan fingerprint density at radius 1 is 1.11 bits per heavy atom. The number of anilines is 2. The molecule has 0 radical (unpaired) electrons. The lowest BCUT2D eigenvalue weighted by Crippen LogP contribution is -2.47. The second-order valence-electron chi connectivity index (χ2n) is 8.98. The molecule has 1 aliphatic heterocycles. The molecule has 0 aliphatic carbocycles. The summed E-state index contributed by atoms with van der Waals surface area (Å²) in [5, 5.41) is 10.2. The first kappa shape index (κ1) is 25.3. The van der Waals surface area contributed by atoms with Crippen molar-refractivity contribution in [2.24, 2.45) is 0 Å². The molecule has 37 heavy (non-hydrogen) atoms. The molecule has 7 nitrogen and oxygen atoms in total. The van der Waals surface area contributed by atoms with Crippen LogP contribution in [0, 0.1) is 12.7 Å². The van der Waals surface area contributed by atoms with E-state index >= 15 is 4.39 Å². The highest BCUT2D eigenvalue weighted by Gasteiger charge is 2.34. The zero-order valence-corrected chi connectivity index (χ0v) is 22.0. The van der Waals surface area contributed by atoms with Crippen LogP contribution in [0.1, 0.15) is 34.5 Å². The number of aromatic nitrogens is 3. The number of nitrogens with zero attached hydrogens (tertiary/aromatic N) is 3. The summed E-state index contributed by atoms with van der Waals surface area (Å²) in [7, 11) is 0. The first-order chi connectivity index (χ1) is 18.0. The summed E-state index contributed by atoms with van der Waals surface area (Å²) in [5.41, 5.74) is 1.88. The van der Waals surface area contributed by atoms with E-state index in [4.69, 9.17) is 0 Å². The van der Waals surface area contributed by atoms with Crippen molar-refractivity contribution in [1.29, 1.82) is 0 Å². The second kappa shape index (κ2) is 11.4. The molecule has 4 heterocycles. The minimum absolute atomic E-state index is 0.191. The Morgan fingerprint density at radius 2 is 1.89 bits per heavy atom. The lowest BCUT2D eigenvalue weighted by molar-refractivity contribution is 0.0927. The Balaban J connectivity index is 1.27. The van der Waals surface area contributed by atoms with Crippen molar-refractivity contribution in [3.63, 3.8) is 0 Å². The van der Waals surface area contributed by atoms with Crippen LogP contribution in [0.3, 0.4) is 0 Å². The fraction of sp³-hybridized carbons (Fsp3) is 0.259. The maximum atomic E-state index is 15.4. The van der Waals surface area contributed by atoms with Crippen LogP contribution < -0.4 is 16.0 Å². The van der Waals surface area contributed by atoms with Gasteiger partial charge in [-0.2, -0.15) is 0 Å². The third-order valence-corrected chi connectivity index (χ3v) is 8.50. The van der Waals surface area contributed by atoms with Crippen molar-refractivity contribution in [1.82, 2.24) is 25.6 Å². The van der Waals surface area contributed by atoms with Crippen LogP contribution in [0.25, 0.3) is 0 Å². The van der Waals surface area contributed by atoms with Crippen LogP contribution in [0.15, 0.2) is 76.2 Å². The smallest absolute Gasteiger partial charge is 0.273 e. The molecule has 10 heteroatoms. The topological polar surface area (TPSA) is 91.8 Å². The number of thiazole rings is 1. The molecule has 0 unspecified atom stereocenters. The number of benzene rings is 1. The molecule has 4 aromatic rings. The Bertz CT molecular complexity index is 1370. The number of hydrogen-bond acceptors (Lipinski definition) is 8. The average Bonchev–Trinajstić information content (AvgIpc) is 3.36. The van der Waals surface area contributed by atoms with Gasteiger partial charge in [0, 0.05) is 24.4 Å². The number of nitrogens with one attached hydrogen (secondary N) is 3. The van der Waals surface area contributed by atoms with Crippen molar-refractivity contribution in [3.05, 3.63) is 89.8 Å². The number of aryl methyl sites for hydroxylation is 1. The van der Waals surface area contributed by atoms with Crippen molar-refractivity contribution in [3.8, 4) is 0 Å². The fourth-order valence-corrected chi connectivity index (χ4v) is 6.31. The van der Waals surface area contributed by atoms with Gasteiger partial charge in [0.05, 0.1) is 15.3 Å². The van der Waals surface area contributed by atoms with Crippen LogP contribution in [0.2, 0.25) is 0 Å². The first-order valence-corrected chi connectivity index (χ1v) is 13.7. The lowest BCUT2D eigenvalue weighted by Gasteiger charge is -2.38. The number of carbonyl (C=O) groups is 1. The van der Waals surface area contributed by atoms with E-state index in [0.717, 1.165) is 35.7 Å². The van der Waals surface area contributed by atoms with E-state index in [2.05, 4.69) is 43.0 Å². The molecule has 1 saturated heterocycles. The molecule has 5 rings (SSSR count). The van der Waals surface area contributed by atoms with E-state index in [-0.39, 0.29) is 11.1 Å². The number of rotatable bonds is 8. The molecule has 1 fully saturated rings. The van der Waals surface area contributed by atoms with Crippen molar-refractivity contribution >= 4 is 40.0 Å². The fourth-order valence-electron chi connectivity index (χ4n) is 4.45. The number of hydrogen-bond donors (Lipinski definition) is 3. The highest BCUT2D eigenvalue weighted by Crippen LogP contribution is 2.37. The van der Waals surface area contributed by atoms with Gasteiger partial charge in [-0.1, -0.05) is 53.4 Å². The predicted molar refractivity (Wildman–Crippen MR) is 145 cm³/mol. The van der Waals surface area contributed by atoms with Gasteiger partial charge in [-0.25, -0.2) is 19.3 Å². The summed E-state index contributed by atoms with van der Waals surface area (Å²) in [5.74, 6) is -0.444. The summed E-state index contributed by atoms with van der Waals surface area (Å²) >= 11 is 2.60. The van der Waals surface area contributed by atoms with Crippen LogP contribution in [-0.2, 0) is 5.41 Å². The van der Waals surface area contributed by atoms with Gasteiger partial charge >= 0.3 is 0 Å². The van der Waals surface area contributed by atoms with E-state index in [1.54, 1.807) is 18.5 Å². The zero-order chi connectivity index (χ0) is 25.7. The maximum Gasteiger partial charge on any atom is 0.273 e. The van der Waals surface area contributed by atoms with Crippen molar-refractivity contribution in [2.75, 3.05) is 25.0 Å². The minimum Gasteiger partial charge on any atom is -0.350 e. The molecule has 1 amide bonds. The number of halogens is 1. The molecule has 0 saturated carbocycles. The first-order valence-electron chi connectivity index (χ1n) is 12.0. The largest absolute Gasteiger partial charge is 0.350 e. The van der Waals surface area contributed by atoms with E-state index in [1.165, 1.54) is 34.9 Å². The number of carbonyl (C=O) groups excluding carboxylic acids is 1. The Kier molecular flexibility index (Phi) is 7.78. The van der Waals surface area contributed by atoms with Crippen LogP contribution in [0.4, 0.5) is 15.3 Å². The molecule has 0 bridgehead atoms. The summed E-state index contributed by atoms with van der Waals surface area (Å²) in [4.78, 5) is 26.1. The zero-order valence-electron chi connectivity index (χ0n) is 20.3. The van der Waals surface area contributed by atoms with Gasteiger partial charge in [0.2, 0.25) is 0 Å². The predicted octanol–water partition coefficient (Wildman–Crippen LogP) is 5.33. The van der Waals surface area contributed by atoms with E-state index in [1.807, 2.05) is 37.3 Å². The van der Waals surface area contributed by atoms with Crippen molar-refractivity contribution in [2.45, 2.75) is 34.3 Å². The quantitative estimate of drug-likeness (QED) is 0.282. The van der Waals surface area contributed by atoms with Crippen LogP contribution in [-0.4, -0.2) is 40.5 Å². The van der Waals surface area contributed by atoms with Gasteiger partial charge in [-0.05, 0) is 62.2 Å². The van der Waals surface area contributed by atoms with Gasteiger partial charge in [0.25, 0.3) is 5.91 Å². The SMILES string of the molecule is Cc1ccnc(Nc2ncc(Sc3ccnc(C(=O)NCC4(c5ccccc5)CCNCC4)c3F)s2)c1. The Labute approximate surface area is 223 Å². The summed E-state index contributed by atoms with van der Waals surface area (Å²) in [6, 6.07) is 15.6. The van der Waals surface area contributed by atoms with E-state index < -0.39 is 11.7 Å². The van der Waals surface area contributed by atoms with E-state index in [9.17, 15) is 4.79 Å². The Morgan fingerprint density at radius 3 is 2.68 bits per heavy atom. The normalized spacial score (nSPS) is 14.8. The number of pyridine rings is 2. The number of piperidine rings is 1. The molecule has 3 N–H and O–H groups in total. The van der Waals surface area contributed by atoms with Gasteiger partial charge in [-0.15, -0.1) is 0 Å². The van der Waals surface area contributed by atoms with Gasteiger partial charge in [0.1, 0.15) is 5.82 Å². The van der Waals surface area contributed by atoms with Crippen LogP contribution >= 0.6 is 23.1 Å². The number of amides is 1. The van der Waals surface area contributed by atoms with Crippen LogP contribution in [0.5, 0.6) is 0 Å². The maximum absolute atomic E-state index is 15.4. The average molecular weight is 535 g/mol.